The molecule has 1 atom stereocenters. The summed E-state index contributed by atoms with van der Waals surface area (Å²) >= 11 is 0.788. The summed E-state index contributed by atoms with van der Waals surface area (Å²) in [4.78, 5) is 26.8. The van der Waals surface area contributed by atoms with Crippen molar-refractivity contribution in [3.8, 4) is 0 Å². The molecule has 182 valence electrons. The Hall–Kier alpha value is -3.78. The van der Waals surface area contributed by atoms with E-state index >= 15 is 0 Å². The first-order chi connectivity index (χ1) is 16.7. The van der Waals surface area contributed by atoms with Crippen molar-refractivity contribution in [2.24, 2.45) is 0 Å². The van der Waals surface area contributed by atoms with Crippen LogP contribution >= 0.6 is 11.5 Å². The second-order valence-electron chi connectivity index (χ2n) is 8.00. The predicted octanol–water partition coefficient (Wildman–Crippen LogP) is 2.56. The van der Waals surface area contributed by atoms with Crippen LogP contribution in [0.3, 0.4) is 0 Å². The molecule has 35 heavy (non-hydrogen) atoms. The number of hydrogen-bond acceptors (Lipinski definition) is 8. The molecule has 4 aromatic rings. The third-order valence-corrected chi connectivity index (χ3v) is 7.90. The van der Waals surface area contributed by atoms with E-state index in [0.29, 0.717) is 19.3 Å². The highest BCUT2D eigenvalue weighted by molar-refractivity contribution is 7.93. The number of fused-ring (bicyclic) bond motifs is 2. The van der Waals surface area contributed by atoms with E-state index in [-0.39, 0.29) is 28.8 Å². The highest BCUT2D eigenvalue weighted by atomic mass is 32.2. The molecule has 2 heterocycles. The fraction of sp³-hybridized carbons (Fsp3) is 0.238. The summed E-state index contributed by atoms with van der Waals surface area (Å²) in [6.45, 7) is 0.0450. The number of benzene rings is 2. The third kappa shape index (κ3) is 4.49. The van der Waals surface area contributed by atoms with Crippen LogP contribution in [0.4, 0.5) is 14.3 Å². The number of nitrogens with one attached hydrogen (secondary N) is 2. The lowest BCUT2D eigenvalue weighted by Gasteiger charge is -2.26. The zero-order valence-electron chi connectivity index (χ0n) is 17.9. The minimum Gasteiger partial charge on any atom is -0.465 e. The quantitative estimate of drug-likeness (QED) is 0.351. The van der Waals surface area contributed by atoms with Gasteiger partial charge in [0.15, 0.2) is 5.58 Å². The first kappa shape index (κ1) is 23.0. The molecular weight excluding hydrogens is 501 g/mol. The van der Waals surface area contributed by atoms with Crippen LogP contribution in [-0.2, 0) is 29.4 Å². The Kier molecular flexibility index (Phi) is 5.76. The number of nitrogens with zero attached hydrogens (tertiary/aromatic N) is 3. The fourth-order valence-electron chi connectivity index (χ4n) is 4.29. The number of sulfonamides is 1. The molecule has 2 aromatic carbocycles. The van der Waals surface area contributed by atoms with Crippen LogP contribution in [0.25, 0.3) is 11.1 Å². The summed E-state index contributed by atoms with van der Waals surface area (Å²) in [5, 5.41) is 11.5. The minimum absolute atomic E-state index is 0.0342. The van der Waals surface area contributed by atoms with Crippen molar-refractivity contribution in [1.82, 2.24) is 19.2 Å². The van der Waals surface area contributed by atoms with Crippen molar-refractivity contribution in [2.45, 2.75) is 36.7 Å². The lowest BCUT2D eigenvalue weighted by Crippen LogP contribution is -2.38. The van der Waals surface area contributed by atoms with Crippen molar-refractivity contribution in [1.29, 1.82) is 0 Å². The van der Waals surface area contributed by atoms with Gasteiger partial charge in [0.05, 0.1) is 12.1 Å². The molecule has 0 bridgehead atoms. The number of rotatable bonds is 6. The summed E-state index contributed by atoms with van der Waals surface area (Å²) in [6, 6.07) is 7.25. The molecule has 5 rings (SSSR count). The fourth-order valence-corrected chi connectivity index (χ4v) is 6.02. The van der Waals surface area contributed by atoms with Gasteiger partial charge in [0, 0.05) is 29.7 Å². The lowest BCUT2D eigenvalue weighted by molar-refractivity contribution is 0.188. The molecule has 1 amide bonds. The standard InChI is InChI=1S/C21H18FN5O6S2/c22-15-7-16-17(8-18(15)35(31,32)26-19-23-10-24-34-19)33-21(30)27(16)9-12-3-1-2-11-4-5-13(6-14(11)12)25-20(28)29/h1-3,7-8,10,13,25H,4-6,9H2,(H,28,29)(H,23,24,26). The van der Waals surface area contributed by atoms with Gasteiger partial charge in [-0.25, -0.2) is 27.4 Å². The maximum absolute atomic E-state index is 14.9. The molecule has 0 radical (unpaired) electrons. The monoisotopic (exact) mass is 519 g/mol. The second-order valence-corrected chi connectivity index (χ2v) is 10.4. The van der Waals surface area contributed by atoms with Gasteiger partial charge in [-0.2, -0.15) is 4.37 Å². The lowest BCUT2D eigenvalue weighted by atomic mass is 9.85. The summed E-state index contributed by atoms with van der Waals surface area (Å²) in [5.41, 5.74) is 2.73. The van der Waals surface area contributed by atoms with Crippen LogP contribution in [0.5, 0.6) is 0 Å². The number of anilines is 1. The normalized spacial score (nSPS) is 15.6. The van der Waals surface area contributed by atoms with Crippen molar-refractivity contribution >= 4 is 43.9 Å². The Labute approximate surface area is 201 Å². The van der Waals surface area contributed by atoms with E-state index in [1.165, 1.54) is 4.57 Å². The number of oxazole rings is 1. The van der Waals surface area contributed by atoms with Gasteiger partial charge in [-0.3, -0.25) is 9.29 Å². The summed E-state index contributed by atoms with van der Waals surface area (Å²) in [6.07, 6.45) is 1.84. The molecule has 0 saturated heterocycles. The average Bonchev–Trinajstić information content (AvgIpc) is 3.40. The van der Waals surface area contributed by atoms with Crippen molar-refractivity contribution in [2.75, 3.05) is 4.72 Å². The topological polar surface area (TPSA) is 156 Å². The molecular formula is C21H18FN5O6S2. The van der Waals surface area contributed by atoms with Gasteiger partial charge < -0.3 is 14.8 Å². The van der Waals surface area contributed by atoms with Gasteiger partial charge >= 0.3 is 11.8 Å². The molecule has 3 N–H and O–H groups in total. The van der Waals surface area contributed by atoms with E-state index in [1.807, 2.05) is 18.2 Å². The predicted molar refractivity (Wildman–Crippen MR) is 124 cm³/mol. The van der Waals surface area contributed by atoms with Gasteiger partial charge in [-0.05, 0) is 36.0 Å². The van der Waals surface area contributed by atoms with E-state index in [2.05, 4.69) is 19.4 Å². The van der Waals surface area contributed by atoms with Crippen molar-refractivity contribution < 1.29 is 27.1 Å². The van der Waals surface area contributed by atoms with Gasteiger partial charge in [0.2, 0.25) is 5.13 Å². The molecule has 0 aliphatic heterocycles. The Balaban J connectivity index is 1.50. The maximum Gasteiger partial charge on any atom is 0.420 e. The molecule has 11 nitrogen and oxygen atoms in total. The molecule has 0 spiro atoms. The van der Waals surface area contributed by atoms with Crippen LogP contribution in [-0.4, -0.2) is 39.6 Å². The van der Waals surface area contributed by atoms with Crippen LogP contribution in [0, 0.1) is 5.82 Å². The minimum atomic E-state index is -4.34. The van der Waals surface area contributed by atoms with Crippen LogP contribution < -0.4 is 15.8 Å². The average molecular weight is 520 g/mol. The molecule has 1 aliphatic rings. The maximum atomic E-state index is 14.9. The molecule has 14 heteroatoms. The largest absolute Gasteiger partial charge is 0.465 e. The Morgan fingerprint density at radius 2 is 2.17 bits per heavy atom. The Morgan fingerprint density at radius 3 is 2.91 bits per heavy atom. The number of halogens is 1. The first-order valence-electron chi connectivity index (χ1n) is 10.4. The third-order valence-electron chi connectivity index (χ3n) is 5.83. The molecule has 0 fully saturated rings. The van der Waals surface area contributed by atoms with Gasteiger partial charge in [0.25, 0.3) is 10.0 Å². The van der Waals surface area contributed by atoms with Crippen LogP contribution in [0.15, 0.2) is 50.8 Å². The number of carbonyl (C=O) groups is 1. The van der Waals surface area contributed by atoms with Crippen molar-refractivity contribution in [3.05, 3.63) is 69.7 Å². The molecule has 0 saturated carbocycles. The molecule has 1 unspecified atom stereocenters. The number of aryl methyl sites for hydroxylation is 1. The second kappa shape index (κ2) is 8.78. The van der Waals surface area contributed by atoms with Gasteiger partial charge in [-0.15, -0.1) is 0 Å². The zero-order chi connectivity index (χ0) is 24.7. The summed E-state index contributed by atoms with van der Waals surface area (Å²) in [7, 11) is -4.34. The van der Waals surface area contributed by atoms with E-state index in [9.17, 15) is 22.4 Å². The molecule has 2 aromatic heterocycles. The number of carboxylic acid groups (broad SMARTS) is 1. The highest BCUT2D eigenvalue weighted by Gasteiger charge is 2.26. The Morgan fingerprint density at radius 1 is 1.34 bits per heavy atom. The number of hydrogen-bond donors (Lipinski definition) is 3. The number of aromatic nitrogens is 3. The SMILES string of the molecule is O=C(O)NC1CCc2cccc(Cn3c(=O)oc4cc(S(=O)(=O)Nc5ncns5)c(F)cc43)c2C1. The zero-order valence-corrected chi connectivity index (χ0v) is 19.5. The highest BCUT2D eigenvalue weighted by Crippen LogP contribution is 2.28. The van der Waals surface area contributed by atoms with Crippen LogP contribution in [0.2, 0.25) is 0 Å². The summed E-state index contributed by atoms with van der Waals surface area (Å²) < 4.78 is 52.5. The molecule has 1 aliphatic carbocycles. The van der Waals surface area contributed by atoms with Crippen LogP contribution in [0.1, 0.15) is 23.1 Å². The van der Waals surface area contributed by atoms with Gasteiger partial charge in [0.1, 0.15) is 17.0 Å². The summed E-state index contributed by atoms with van der Waals surface area (Å²) in [5.74, 6) is -1.84. The first-order valence-corrected chi connectivity index (χ1v) is 12.7. The van der Waals surface area contributed by atoms with E-state index in [0.717, 1.165) is 46.7 Å². The van der Waals surface area contributed by atoms with E-state index < -0.39 is 32.6 Å². The van der Waals surface area contributed by atoms with E-state index in [4.69, 9.17) is 9.52 Å². The van der Waals surface area contributed by atoms with Crippen molar-refractivity contribution in [3.63, 3.8) is 0 Å². The van der Waals surface area contributed by atoms with Gasteiger partial charge in [-0.1, -0.05) is 18.2 Å². The smallest absolute Gasteiger partial charge is 0.420 e. The van der Waals surface area contributed by atoms with E-state index in [1.54, 1.807) is 0 Å². The Bertz CT molecular complexity index is 1600. The number of amides is 1.